The van der Waals surface area contributed by atoms with E-state index in [0.29, 0.717) is 47.6 Å². The summed E-state index contributed by atoms with van der Waals surface area (Å²) in [5.74, 6) is 0.304. The molecule has 7 nitrogen and oxygen atoms in total. The van der Waals surface area contributed by atoms with Crippen molar-refractivity contribution in [3.63, 3.8) is 0 Å². The SMILES string of the molecule is O=C1NCc2c1cc(OC1CN(C(=O)C3CC3)C1)cc2-c1cnc(Cl)c(OC(F)F)c1. The van der Waals surface area contributed by atoms with E-state index in [2.05, 4.69) is 15.0 Å². The lowest BCUT2D eigenvalue weighted by Gasteiger charge is -2.39. The molecular formula is C21H18ClF2N3O4. The van der Waals surface area contributed by atoms with E-state index in [9.17, 15) is 18.4 Å². The van der Waals surface area contributed by atoms with Crippen molar-refractivity contribution in [2.45, 2.75) is 32.1 Å². The average Bonchev–Trinajstić information content (AvgIpc) is 3.49. The van der Waals surface area contributed by atoms with Crippen LogP contribution in [0.25, 0.3) is 11.1 Å². The molecule has 2 fully saturated rings. The number of nitrogens with zero attached hydrogens (tertiary/aromatic N) is 2. The minimum atomic E-state index is -3.04. The van der Waals surface area contributed by atoms with Crippen LogP contribution in [-0.4, -0.2) is 47.5 Å². The Morgan fingerprint density at radius 2 is 1.97 bits per heavy atom. The molecule has 3 aliphatic rings. The van der Waals surface area contributed by atoms with Crippen LogP contribution in [0.1, 0.15) is 28.8 Å². The van der Waals surface area contributed by atoms with Crippen molar-refractivity contribution in [2.75, 3.05) is 13.1 Å². The fourth-order valence-corrected chi connectivity index (χ4v) is 4.00. The lowest BCUT2D eigenvalue weighted by molar-refractivity contribution is -0.141. The number of halogens is 3. The van der Waals surface area contributed by atoms with Crippen LogP contribution < -0.4 is 14.8 Å². The van der Waals surface area contributed by atoms with E-state index in [1.807, 2.05) is 0 Å². The number of nitrogens with one attached hydrogen (secondary N) is 1. The molecule has 162 valence electrons. The number of ether oxygens (including phenoxy) is 2. The van der Waals surface area contributed by atoms with Gasteiger partial charge in [0, 0.05) is 29.8 Å². The fourth-order valence-electron chi connectivity index (χ4n) is 3.86. The van der Waals surface area contributed by atoms with Gasteiger partial charge in [-0.15, -0.1) is 0 Å². The molecule has 31 heavy (non-hydrogen) atoms. The zero-order chi connectivity index (χ0) is 21.7. The Morgan fingerprint density at radius 3 is 2.68 bits per heavy atom. The van der Waals surface area contributed by atoms with Crippen LogP contribution >= 0.6 is 11.6 Å². The number of benzene rings is 1. The maximum atomic E-state index is 12.7. The number of carbonyl (C=O) groups is 2. The van der Waals surface area contributed by atoms with Crippen LogP contribution in [0.2, 0.25) is 5.15 Å². The number of hydrogen-bond donors (Lipinski definition) is 1. The Labute approximate surface area is 181 Å². The van der Waals surface area contributed by atoms with Gasteiger partial charge >= 0.3 is 6.61 Å². The number of alkyl halides is 2. The molecule has 10 heteroatoms. The number of pyridine rings is 1. The zero-order valence-electron chi connectivity index (χ0n) is 16.2. The summed E-state index contributed by atoms with van der Waals surface area (Å²) >= 11 is 5.87. The van der Waals surface area contributed by atoms with Gasteiger partial charge in [-0.05, 0) is 42.2 Å². The van der Waals surface area contributed by atoms with Crippen LogP contribution in [0.4, 0.5) is 8.78 Å². The Balaban J connectivity index is 1.42. The summed E-state index contributed by atoms with van der Waals surface area (Å²) in [6, 6.07) is 4.76. The van der Waals surface area contributed by atoms with Crippen LogP contribution in [-0.2, 0) is 11.3 Å². The lowest BCUT2D eigenvalue weighted by Crippen LogP contribution is -2.56. The van der Waals surface area contributed by atoms with Gasteiger partial charge in [0.25, 0.3) is 5.91 Å². The first-order valence-corrected chi connectivity index (χ1v) is 10.3. The molecule has 0 atom stereocenters. The average molecular weight is 450 g/mol. The number of aromatic nitrogens is 1. The molecule has 3 heterocycles. The van der Waals surface area contributed by atoms with E-state index in [4.69, 9.17) is 16.3 Å². The van der Waals surface area contributed by atoms with Crippen LogP contribution in [0.3, 0.4) is 0 Å². The van der Waals surface area contributed by atoms with Crippen molar-refractivity contribution in [1.82, 2.24) is 15.2 Å². The Kier molecular flexibility index (Phi) is 4.92. The standard InChI is InChI=1S/C21H18ClF2N3O4/c22-18-17(31-21(23)24)3-11(6-25-18)14-4-12(5-15-16(14)7-26-19(15)28)30-13-8-27(9-13)20(29)10-1-2-10/h3-6,10,13,21H,1-2,7-9H2,(H,26,28). The Bertz CT molecular complexity index is 1070. The smallest absolute Gasteiger partial charge is 0.387 e. The number of amides is 2. The third-order valence-electron chi connectivity index (χ3n) is 5.62. The van der Waals surface area contributed by atoms with Crippen molar-refractivity contribution >= 4 is 23.4 Å². The second-order valence-corrected chi connectivity index (χ2v) is 8.19. The van der Waals surface area contributed by atoms with E-state index in [0.717, 1.165) is 12.8 Å². The van der Waals surface area contributed by atoms with Gasteiger partial charge in [-0.25, -0.2) is 4.98 Å². The lowest BCUT2D eigenvalue weighted by atomic mass is 9.97. The molecule has 0 bridgehead atoms. The topological polar surface area (TPSA) is 80.8 Å². The fraction of sp³-hybridized carbons (Fsp3) is 0.381. The summed E-state index contributed by atoms with van der Waals surface area (Å²) in [7, 11) is 0. The van der Waals surface area contributed by atoms with Crippen LogP contribution in [0, 0.1) is 5.92 Å². The van der Waals surface area contributed by atoms with Gasteiger partial charge in [0.2, 0.25) is 5.91 Å². The third kappa shape index (κ3) is 3.89. The molecule has 2 aliphatic heterocycles. The summed E-state index contributed by atoms with van der Waals surface area (Å²) in [4.78, 5) is 30.1. The van der Waals surface area contributed by atoms with E-state index in [-0.39, 0.29) is 34.7 Å². The summed E-state index contributed by atoms with van der Waals surface area (Å²) < 4.78 is 35.8. The van der Waals surface area contributed by atoms with E-state index >= 15 is 0 Å². The predicted octanol–water partition coefficient (Wildman–Crippen LogP) is 3.25. The molecule has 1 aromatic heterocycles. The highest BCUT2D eigenvalue weighted by Crippen LogP contribution is 2.38. The second-order valence-electron chi connectivity index (χ2n) is 7.83. The van der Waals surface area contributed by atoms with Crippen molar-refractivity contribution in [1.29, 1.82) is 0 Å². The highest BCUT2D eigenvalue weighted by atomic mass is 35.5. The maximum Gasteiger partial charge on any atom is 0.387 e. The van der Waals surface area contributed by atoms with Gasteiger partial charge in [-0.2, -0.15) is 8.78 Å². The molecule has 5 rings (SSSR count). The number of hydrogen-bond acceptors (Lipinski definition) is 5. The number of rotatable bonds is 6. The first-order chi connectivity index (χ1) is 14.9. The summed E-state index contributed by atoms with van der Waals surface area (Å²) in [5.41, 5.74) is 2.24. The van der Waals surface area contributed by atoms with Crippen molar-refractivity contribution in [3.8, 4) is 22.6 Å². The number of carbonyl (C=O) groups excluding carboxylic acids is 2. The van der Waals surface area contributed by atoms with Gasteiger partial charge in [-0.3, -0.25) is 9.59 Å². The number of likely N-dealkylation sites (tertiary alicyclic amines) is 1. The molecule has 0 radical (unpaired) electrons. The molecule has 2 amide bonds. The molecule has 0 unspecified atom stereocenters. The molecular weight excluding hydrogens is 432 g/mol. The van der Waals surface area contributed by atoms with E-state index in [1.54, 1.807) is 17.0 Å². The van der Waals surface area contributed by atoms with Crippen molar-refractivity contribution in [3.05, 3.63) is 40.7 Å². The van der Waals surface area contributed by atoms with E-state index in [1.165, 1.54) is 12.3 Å². The third-order valence-corrected chi connectivity index (χ3v) is 5.90. The minimum Gasteiger partial charge on any atom is -0.487 e. The van der Waals surface area contributed by atoms with Gasteiger partial charge < -0.3 is 19.7 Å². The van der Waals surface area contributed by atoms with Crippen LogP contribution in [0.15, 0.2) is 24.4 Å². The highest BCUT2D eigenvalue weighted by Gasteiger charge is 2.40. The normalized spacial score (nSPS) is 17.9. The molecule has 0 spiro atoms. The van der Waals surface area contributed by atoms with Gasteiger partial charge in [0.1, 0.15) is 11.9 Å². The predicted molar refractivity (Wildman–Crippen MR) is 106 cm³/mol. The molecule has 1 aromatic carbocycles. The summed E-state index contributed by atoms with van der Waals surface area (Å²) in [6.45, 7) is -1.74. The summed E-state index contributed by atoms with van der Waals surface area (Å²) in [6.07, 6.45) is 3.18. The largest absolute Gasteiger partial charge is 0.487 e. The Morgan fingerprint density at radius 1 is 1.23 bits per heavy atom. The number of fused-ring (bicyclic) bond motifs is 1. The second kappa shape index (κ2) is 7.64. The van der Waals surface area contributed by atoms with Crippen molar-refractivity contribution in [2.24, 2.45) is 5.92 Å². The van der Waals surface area contributed by atoms with Gasteiger partial charge in [-0.1, -0.05) is 11.6 Å². The first-order valence-electron chi connectivity index (χ1n) is 9.90. The van der Waals surface area contributed by atoms with Crippen LogP contribution in [0.5, 0.6) is 11.5 Å². The summed E-state index contributed by atoms with van der Waals surface area (Å²) in [5, 5.41) is 2.57. The highest BCUT2D eigenvalue weighted by molar-refractivity contribution is 6.30. The minimum absolute atomic E-state index is 0.165. The molecule has 1 saturated carbocycles. The molecule has 1 saturated heterocycles. The van der Waals surface area contributed by atoms with E-state index < -0.39 is 6.61 Å². The molecule has 2 aromatic rings. The first kappa shape index (κ1) is 20.0. The van der Waals surface area contributed by atoms with Gasteiger partial charge in [0.15, 0.2) is 10.9 Å². The van der Waals surface area contributed by atoms with Gasteiger partial charge in [0.05, 0.1) is 13.1 Å². The molecule has 1 N–H and O–H groups in total. The Hall–Kier alpha value is -2.94. The zero-order valence-corrected chi connectivity index (χ0v) is 17.0. The molecule has 1 aliphatic carbocycles. The quantitative estimate of drug-likeness (QED) is 0.685. The maximum absolute atomic E-state index is 12.7. The van der Waals surface area contributed by atoms with Crippen molar-refractivity contribution < 1.29 is 27.8 Å². The monoisotopic (exact) mass is 449 g/mol.